The van der Waals surface area contributed by atoms with Crippen LogP contribution in [-0.4, -0.2) is 78.5 Å². The molecule has 8 heteroatoms. The first kappa shape index (κ1) is 21.8. The Kier molecular flexibility index (Phi) is 16.2. The van der Waals surface area contributed by atoms with E-state index in [0.29, 0.717) is 59.5 Å². The number of methoxy groups -OCH3 is 1. The average molecular weight is 336 g/mol. The summed E-state index contributed by atoms with van der Waals surface area (Å²) in [4.78, 5) is 21.8. The summed E-state index contributed by atoms with van der Waals surface area (Å²) in [5.41, 5.74) is 0. The lowest BCUT2D eigenvalue weighted by Gasteiger charge is -2.07. The summed E-state index contributed by atoms with van der Waals surface area (Å²) in [5.74, 6) is -0.542. The van der Waals surface area contributed by atoms with Crippen molar-refractivity contribution in [3.8, 4) is 0 Å². The highest BCUT2D eigenvalue weighted by molar-refractivity contribution is 5.69. The van der Waals surface area contributed by atoms with Crippen molar-refractivity contribution in [2.45, 2.75) is 19.8 Å². The number of carbonyl (C=O) groups excluding carboxylic acids is 2. The van der Waals surface area contributed by atoms with E-state index in [9.17, 15) is 9.59 Å². The van der Waals surface area contributed by atoms with Crippen LogP contribution in [0.3, 0.4) is 0 Å². The maximum Gasteiger partial charge on any atom is 0.308 e. The second-order valence-corrected chi connectivity index (χ2v) is 4.33. The van der Waals surface area contributed by atoms with Gasteiger partial charge in [0.25, 0.3) is 0 Å². The Bertz CT molecular complexity index is 295. The van der Waals surface area contributed by atoms with Gasteiger partial charge in [0.05, 0.1) is 79.4 Å². The molecule has 0 aromatic heterocycles. The van der Waals surface area contributed by atoms with Crippen molar-refractivity contribution < 1.29 is 38.0 Å². The lowest BCUT2D eigenvalue weighted by atomic mass is 10.5. The van der Waals surface area contributed by atoms with Gasteiger partial charge in [0.2, 0.25) is 0 Å². The van der Waals surface area contributed by atoms with Gasteiger partial charge >= 0.3 is 11.9 Å². The molecule has 0 saturated carbocycles. The first-order valence-corrected chi connectivity index (χ1v) is 7.74. The van der Waals surface area contributed by atoms with Crippen LogP contribution in [0.4, 0.5) is 0 Å². The lowest BCUT2D eigenvalue weighted by Crippen LogP contribution is -2.14. The molecule has 0 rings (SSSR count). The predicted octanol–water partition coefficient (Wildman–Crippen LogP) is 0.569. The molecule has 0 fully saturated rings. The van der Waals surface area contributed by atoms with Crippen LogP contribution in [0.2, 0.25) is 0 Å². The summed E-state index contributed by atoms with van der Waals surface area (Å²) in [6.45, 7) is 5.48. The molecule has 0 amide bonds. The fraction of sp³-hybridized carbons (Fsp3) is 0.867. The minimum Gasteiger partial charge on any atom is -0.469 e. The SMILES string of the molecule is CCOC(=O)CCOCCOCCOCCOCCC(=O)OC. The van der Waals surface area contributed by atoms with E-state index in [2.05, 4.69) is 4.74 Å². The molecular formula is C15H28O8. The van der Waals surface area contributed by atoms with Crippen molar-refractivity contribution >= 4 is 11.9 Å². The predicted molar refractivity (Wildman–Crippen MR) is 81.2 cm³/mol. The molecule has 0 saturated heterocycles. The van der Waals surface area contributed by atoms with Crippen LogP contribution in [0.15, 0.2) is 0 Å². The Labute approximate surface area is 137 Å². The topological polar surface area (TPSA) is 89.5 Å². The van der Waals surface area contributed by atoms with E-state index < -0.39 is 0 Å². The van der Waals surface area contributed by atoms with Crippen molar-refractivity contribution in [3.63, 3.8) is 0 Å². The van der Waals surface area contributed by atoms with Crippen molar-refractivity contribution in [1.82, 2.24) is 0 Å². The summed E-state index contributed by atoms with van der Waals surface area (Å²) in [6, 6.07) is 0. The summed E-state index contributed by atoms with van der Waals surface area (Å²) in [6.07, 6.45) is 0.503. The molecule has 0 bridgehead atoms. The normalized spacial score (nSPS) is 10.5. The van der Waals surface area contributed by atoms with Crippen molar-refractivity contribution in [3.05, 3.63) is 0 Å². The quantitative estimate of drug-likeness (QED) is 0.298. The molecule has 0 spiro atoms. The molecule has 0 aromatic carbocycles. The fourth-order valence-corrected chi connectivity index (χ4v) is 1.41. The third kappa shape index (κ3) is 17.0. The van der Waals surface area contributed by atoms with Crippen LogP contribution in [0.25, 0.3) is 0 Å². The minimum atomic E-state index is -0.288. The Balaban J connectivity index is 3.08. The highest BCUT2D eigenvalue weighted by Crippen LogP contribution is 1.89. The molecule has 136 valence electrons. The largest absolute Gasteiger partial charge is 0.469 e. The molecule has 0 heterocycles. The van der Waals surface area contributed by atoms with Crippen LogP contribution in [0, 0.1) is 0 Å². The van der Waals surface area contributed by atoms with Gasteiger partial charge in [-0.2, -0.15) is 0 Å². The maximum atomic E-state index is 11.0. The van der Waals surface area contributed by atoms with Crippen molar-refractivity contribution in [2.75, 3.05) is 66.6 Å². The molecular weight excluding hydrogens is 308 g/mol. The number of ether oxygens (including phenoxy) is 6. The van der Waals surface area contributed by atoms with Gasteiger partial charge in [0.15, 0.2) is 0 Å². The van der Waals surface area contributed by atoms with E-state index in [1.807, 2.05) is 0 Å². The zero-order valence-electron chi connectivity index (χ0n) is 14.0. The average Bonchev–Trinajstić information content (AvgIpc) is 2.55. The van der Waals surface area contributed by atoms with E-state index in [1.165, 1.54) is 7.11 Å². The molecule has 0 aliphatic carbocycles. The van der Waals surface area contributed by atoms with Crippen molar-refractivity contribution in [2.24, 2.45) is 0 Å². The third-order valence-corrected chi connectivity index (χ3v) is 2.55. The highest BCUT2D eigenvalue weighted by atomic mass is 16.6. The lowest BCUT2D eigenvalue weighted by molar-refractivity contribution is -0.144. The number of rotatable bonds is 16. The first-order valence-electron chi connectivity index (χ1n) is 7.74. The fourth-order valence-electron chi connectivity index (χ4n) is 1.41. The molecule has 0 unspecified atom stereocenters. The van der Waals surface area contributed by atoms with Crippen LogP contribution >= 0.6 is 0 Å². The van der Waals surface area contributed by atoms with Crippen LogP contribution in [-0.2, 0) is 38.0 Å². The Hall–Kier alpha value is -1.22. The van der Waals surface area contributed by atoms with Gasteiger partial charge in [0.1, 0.15) is 0 Å². The second-order valence-electron chi connectivity index (χ2n) is 4.33. The van der Waals surface area contributed by atoms with Crippen LogP contribution in [0.5, 0.6) is 0 Å². The number of hydrogen-bond acceptors (Lipinski definition) is 8. The summed E-state index contributed by atoms with van der Waals surface area (Å²) in [5, 5.41) is 0. The standard InChI is InChI=1S/C15H28O8/c1-3-23-15(17)5-7-20-9-11-22-13-12-21-10-8-19-6-4-14(16)18-2/h3-13H2,1-2H3. The third-order valence-electron chi connectivity index (χ3n) is 2.55. The van der Waals surface area contributed by atoms with Gasteiger partial charge in [-0.15, -0.1) is 0 Å². The molecule has 0 N–H and O–H groups in total. The molecule has 0 aliphatic heterocycles. The van der Waals surface area contributed by atoms with E-state index in [1.54, 1.807) is 6.92 Å². The van der Waals surface area contributed by atoms with E-state index in [0.717, 1.165) is 0 Å². The number of carbonyl (C=O) groups is 2. The maximum absolute atomic E-state index is 11.0. The van der Waals surface area contributed by atoms with Crippen LogP contribution in [0.1, 0.15) is 19.8 Å². The molecule has 23 heavy (non-hydrogen) atoms. The summed E-state index contributed by atoms with van der Waals surface area (Å²) >= 11 is 0. The zero-order valence-corrected chi connectivity index (χ0v) is 14.0. The number of esters is 2. The first-order chi connectivity index (χ1) is 11.2. The monoisotopic (exact) mass is 336 g/mol. The molecule has 0 atom stereocenters. The molecule has 0 radical (unpaired) electrons. The zero-order chi connectivity index (χ0) is 17.2. The Morgan fingerprint density at radius 1 is 0.652 bits per heavy atom. The van der Waals surface area contributed by atoms with Gasteiger partial charge in [-0.25, -0.2) is 0 Å². The van der Waals surface area contributed by atoms with E-state index >= 15 is 0 Å². The van der Waals surface area contributed by atoms with E-state index in [-0.39, 0.29) is 24.8 Å². The summed E-state index contributed by atoms with van der Waals surface area (Å²) in [7, 11) is 1.34. The van der Waals surface area contributed by atoms with Crippen molar-refractivity contribution in [1.29, 1.82) is 0 Å². The van der Waals surface area contributed by atoms with Gasteiger partial charge in [-0.05, 0) is 6.92 Å². The highest BCUT2D eigenvalue weighted by Gasteiger charge is 2.01. The minimum absolute atomic E-state index is 0.246. The van der Waals surface area contributed by atoms with Crippen LogP contribution < -0.4 is 0 Å². The van der Waals surface area contributed by atoms with Gasteiger partial charge < -0.3 is 28.4 Å². The smallest absolute Gasteiger partial charge is 0.308 e. The Morgan fingerprint density at radius 3 is 1.43 bits per heavy atom. The molecule has 0 aromatic rings. The van der Waals surface area contributed by atoms with E-state index in [4.69, 9.17) is 23.7 Å². The number of hydrogen-bond donors (Lipinski definition) is 0. The molecule has 8 nitrogen and oxygen atoms in total. The molecule has 0 aliphatic rings. The second kappa shape index (κ2) is 17.1. The Morgan fingerprint density at radius 2 is 1.04 bits per heavy atom. The summed E-state index contributed by atoms with van der Waals surface area (Å²) < 4.78 is 30.2. The van der Waals surface area contributed by atoms with Gasteiger partial charge in [-0.1, -0.05) is 0 Å². The van der Waals surface area contributed by atoms with Gasteiger partial charge in [0, 0.05) is 0 Å². The van der Waals surface area contributed by atoms with Gasteiger partial charge in [-0.3, -0.25) is 9.59 Å².